The van der Waals surface area contributed by atoms with Crippen LogP contribution in [0.15, 0.2) is 4.21 Å². The van der Waals surface area contributed by atoms with Crippen molar-refractivity contribution in [2.75, 3.05) is 12.8 Å². The highest BCUT2D eigenvalue weighted by Gasteiger charge is 2.19. The molecule has 3 amide bonds. The molecule has 0 aliphatic carbocycles. The first-order valence-electron chi connectivity index (χ1n) is 4.86. The zero-order valence-electron chi connectivity index (χ0n) is 9.73. The topological polar surface area (TPSA) is 97.1 Å². The summed E-state index contributed by atoms with van der Waals surface area (Å²) in [5.74, 6) is -0.347. The SMILES string of the molecule is CNC(=O)NC(=O)C(C)Sc1sc(N)nc1C. The Bertz CT molecular complexity index is 433. The smallest absolute Gasteiger partial charge is 0.321 e. The van der Waals surface area contributed by atoms with Crippen molar-refractivity contribution in [2.45, 2.75) is 23.3 Å². The fourth-order valence-corrected chi connectivity index (χ4v) is 3.15. The second kappa shape index (κ2) is 5.87. The Morgan fingerprint density at radius 1 is 1.53 bits per heavy atom. The van der Waals surface area contributed by atoms with Gasteiger partial charge in [0, 0.05) is 7.05 Å². The number of nitrogens with two attached hydrogens (primary N) is 1. The maximum Gasteiger partial charge on any atom is 0.321 e. The summed E-state index contributed by atoms with van der Waals surface area (Å²) in [6.45, 7) is 3.55. The molecule has 0 saturated heterocycles. The number of imide groups is 1. The predicted octanol–water partition coefficient (Wildman–Crippen LogP) is 0.970. The number of nitrogens with zero attached hydrogens (tertiary/aromatic N) is 1. The van der Waals surface area contributed by atoms with Crippen molar-refractivity contribution in [3.63, 3.8) is 0 Å². The number of thiazole rings is 1. The van der Waals surface area contributed by atoms with Crippen LogP contribution < -0.4 is 16.4 Å². The molecule has 1 aromatic heterocycles. The monoisotopic (exact) mass is 274 g/mol. The van der Waals surface area contributed by atoms with E-state index in [4.69, 9.17) is 5.73 Å². The van der Waals surface area contributed by atoms with E-state index in [1.54, 1.807) is 6.92 Å². The van der Waals surface area contributed by atoms with Crippen molar-refractivity contribution in [1.29, 1.82) is 0 Å². The van der Waals surface area contributed by atoms with Crippen molar-refractivity contribution in [1.82, 2.24) is 15.6 Å². The van der Waals surface area contributed by atoms with E-state index >= 15 is 0 Å². The van der Waals surface area contributed by atoms with Crippen LogP contribution in [0.5, 0.6) is 0 Å². The number of anilines is 1. The van der Waals surface area contributed by atoms with Crippen LogP contribution in [0.4, 0.5) is 9.93 Å². The molecule has 0 saturated carbocycles. The van der Waals surface area contributed by atoms with Crippen LogP contribution in [0.2, 0.25) is 0 Å². The number of aromatic nitrogens is 1. The number of aryl methyl sites for hydroxylation is 1. The highest BCUT2D eigenvalue weighted by Crippen LogP contribution is 2.33. The Labute approximate surface area is 107 Å². The minimum Gasteiger partial charge on any atom is -0.375 e. The van der Waals surface area contributed by atoms with Crippen molar-refractivity contribution in [3.8, 4) is 0 Å². The Morgan fingerprint density at radius 3 is 2.65 bits per heavy atom. The molecule has 0 aliphatic rings. The van der Waals surface area contributed by atoms with E-state index in [1.807, 2.05) is 6.92 Å². The average molecular weight is 274 g/mol. The van der Waals surface area contributed by atoms with Gasteiger partial charge in [0.25, 0.3) is 0 Å². The molecule has 8 heteroatoms. The molecule has 0 fully saturated rings. The molecular weight excluding hydrogens is 260 g/mol. The molecule has 1 aromatic rings. The molecule has 1 heterocycles. The number of thioether (sulfide) groups is 1. The number of amides is 3. The van der Waals surface area contributed by atoms with Crippen LogP contribution >= 0.6 is 23.1 Å². The lowest BCUT2D eigenvalue weighted by Gasteiger charge is -2.09. The van der Waals surface area contributed by atoms with Gasteiger partial charge in [0.05, 0.1) is 15.2 Å². The van der Waals surface area contributed by atoms with Gasteiger partial charge in [-0.25, -0.2) is 9.78 Å². The van der Waals surface area contributed by atoms with E-state index < -0.39 is 6.03 Å². The number of hydrogen-bond donors (Lipinski definition) is 3. The summed E-state index contributed by atoms with van der Waals surface area (Å²) < 4.78 is 0.891. The predicted molar refractivity (Wildman–Crippen MR) is 69.2 cm³/mol. The quantitative estimate of drug-likeness (QED) is 0.714. The third-order valence-corrected chi connectivity index (χ3v) is 4.28. The number of carbonyl (C=O) groups excluding carboxylic acids is 2. The van der Waals surface area contributed by atoms with Crippen LogP contribution in [-0.2, 0) is 4.79 Å². The molecule has 1 unspecified atom stereocenters. The number of nitrogen functional groups attached to an aromatic ring is 1. The van der Waals surface area contributed by atoms with E-state index in [0.29, 0.717) is 5.13 Å². The van der Waals surface area contributed by atoms with E-state index in [1.165, 1.54) is 30.1 Å². The summed E-state index contributed by atoms with van der Waals surface area (Å²) in [6, 6.07) is -0.511. The van der Waals surface area contributed by atoms with E-state index in [-0.39, 0.29) is 11.2 Å². The van der Waals surface area contributed by atoms with Crippen molar-refractivity contribution in [3.05, 3.63) is 5.69 Å². The maximum absolute atomic E-state index is 11.6. The Hall–Kier alpha value is -1.28. The standard InChI is InChI=1S/C9H14N4O2S2/c1-4-7(17-8(10)12-4)16-5(2)6(14)13-9(15)11-3/h5H,1-3H3,(H2,10,12)(H2,11,13,14,15). The summed E-state index contributed by atoms with van der Waals surface area (Å²) in [6.07, 6.45) is 0. The number of urea groups is 1. The minimum atomic E-state index is -0.511. The Morgan fingerprint density at radius 2 is 2.18 bits per heavy atom. The molecule has 0 spiro atoms. The highest BCUT2D eigenvalue weighted by molar-refractivity contribution is 8.02. The second-order valence-electron chi connectivity index (χ2n) is 3.25. The van der Waals surface area contributed by atoms with E-state index in [0.717, 1.165) is 9.90 Å². The first-order chi connectivity index (χ1) is 7.93. The third kappa shape index (κ3) is 3.90. The van der Waals surface area contributed by atoms with Crippen molar-refractivity contribution >= 4 is 40.2 Å². The fraction of sp³-hybridized carbons (Fsp3) is 0.444. The molecule has 94 valence electrons. The second-order valence-corrected chi connectivity index (χ2v) is 5.89. The van der Waals surface area contributed by atoms with Gasteiger partial charge < -0.3 is 11.1 Å². The zero-order valence-corrected chi connectivity index (χ0v) is 11.4. The molecule has 0 bridgehead atoms. The molecule has 0 aromatic carbocycles. The number of hydrogen-bond acceptors (Lipinski definition) is 6. The van der Waals surface area contributed by atoms with Crippen LogP contribution in [0.3, 0.4) is 0 Å². The van der Waals surface area contributed by atoms with Crippen LogP contribution in [-0.4, -0.2) is 29.2 Å². The molecule has 1 rings (SSSR count). The molecule has 17 heavy (non-hydrogen) atoms. The summed E-state index contributed by atoms with van der Waals surface area (Å²) >= 11 is 2.67. The van der Waals surface area contributed by atoms with Gasteiger partial charge in [0.2, 0.25) is 5.91 Å². The average Bonchev–Trinajstić information content (AvgIpc) is 2.57. The first kappa shape index (κ1) is 13.8. The molecule has 6 nitrogen and oxygen atoms in total. The van der Waals surface area contributed by atoms with Gasteiger partial charge in [-0.2, -0.15) is 0 Å². The fourth-order valence-electron chi connectivity index (χ4n) is 1.00. The van der Waals surface area contributed by atoms with Gasteiger partial charge in [-0.15, -0.1) is 11.8 Å². The van der Waals surface area contributed by atoms with Crippen LogP contribution in [0, 0.1) is 6.92 Å². The summed E-state index contributed by atoms with van der Waals surface area (Å²) in [7, 11) is 1.45. The zero-order chi connectivity index (χ0) is 13.0. The van der Waals surface area contributed by atoms with Gasteiger partial charge in [-0.1, -0.05) is 11.3 Å². The molecule has 0 aliphatic heterocycles. The Balaban J connectivity index is 2.60. The highest BCUT2D eigenvalue weighted by atomic mass is 32.2. The van der Waals surface area contributed by atoms with Gasteiger partial charge in [0.15, 0.2) is 5.13 Å². The van der Waals surface area contributed by atoms with Gasteiger partial charge in [0.1, 0.15) is 0 Å². The Kier molecular flexibility index (Phi) is 4.76. The van der Waals surface area contributed by atoms with Gasteiger partial charge in [-0.05, 0) is 13.8 Å². The van der Waals surface area contributed by atoms with Crippen LogP contribution in [0.1, 0.15) is 12.6 Å². The first-order valence-corrected chi connectivity index (χ1v) is 6.55. The molecular formula is C9H14N4O2S2. The maximum atomic E-state index is 11.6. The lowest BCUT2D eigenvalue weighted by atomic mass is 10.4. The summed E-state index contributed by atoms with van der Waals surface area (Å²) in [4.78, 5) is 26.6. The number of rotatable bonds is 3. The van der Waals surface area contributed by atoms with E-state index in [2.05, 4.69) is 15.6 Å². The summed E-state index contributed by atoms with van der Waals surface area (Å²) in [5, 5.41) is 4.63. The van der Waals surface area contributed by atoms with Crippen molar-refractivity contribution in [2.24, 2.45) is 0 Å². The van der Waals surface area contributed by atoms with E-state index in [9.17, 15) is 9.59 Å². The lowest BCUT2D eigenvalue weighted by Crippen LogP contribution is -2.41. The van der Waals surface area contributed by atoms with Crippen molar-refractivity contribution < 1.29 is 9.59 Å². The summed E-state index contributed by atoms with van der Waals surface area (Å²) in [5.41, 5.74) is 6.37. The third-order valence-electron chi connectivity index (χ3n) is 1.89. The number of carbonyl (C=O) groups is 2. The minimum absolute atomic E-state index is 0.347. The van der Waals surface area contributed by atoms with Gasteiger partial charge >= 0.3 is 6.03 Å². The van der Waals surface area contributed by atoms with Crippen LogP contribution in [0.25, 0.3) is 0 Å². The van der Waals surface area contributed by atoms with Gasteiger partial charge in [-0.3, -0.25) is 10.1 Å². The molecule has 1 atom stereocenters. The largest absolute Gasteiger partial charge is 0.375 e. The molecule has 4 N–H and O–H groups in total. The number of nitrogens with one attached hydrogen (secondary N) is 2. The normalized spacial score (nSPS) is 11.9. The molecule has 0 radical (unpaired) electrons. The lowest BCUT2D eigenvalue weighted by molar-refractivity contribution is -0.119.